The van der Waals surface area contributed by atoms with Crippen LogP contribution < -0.4 is 4.90 Å². The molecule has 6 nitrogen and oxygen atoms in total. The lowest BCUT2D eigenvalue weighted by Crippen LogP contribution is -2.24. The summed E-state index contributed by atoms with van der Waals surface area (Å²) in [7, 11) is 4.30. The third kappa shape index (κ3) is 5.27. The number of carboxylic acid groups (broad SMARTS) is 2. The van der Waals surface area contributed by atoms with Crippen molar-refractivity contribution in [2.24, 2.45) is 0 Å². The summed E-state index contributed by atoms with van der Waals surface area (Å²) in [6.07, 6.45) is 3.62. The van der Waals surface area contributed by atoms with Gasteiger partial charge in [0.1, 0.15) is 0 Å². The smallest absolute Gasteiger partial charge is 0.328 e. The molecule has 6 heteroatoms. The van der Waals surface area contributed by atoms with Gasteiger partial charge in [0.2, 0.25) is 0 Å². The van der Waals surface area contributed by atoms with Gasteiger partial charge in [0, 0.05) is 30.1 Å². The molecule has 1 heterocycles. The maximum Gasteiger partial charge on any atom is 0.328 e. The fraction of sp³-hybridized carbons (Fsp3) is 0.333. The Kier molecular flexibility index (Phi) is 6.90. The van der Waals surface area contributed by atoms with Gasteiger partial charge in [-0.3, -0.25) is 0 Å². The summed E-state index contributed by atoms with van der Waals surface area (Å²) in [5, 5.41) is 15.6. The molecule has 2 N–H and O–H groups in total. The highest BCUT2D eigenvalue weighted by Crippen LogP contribution is 2.61. The number of aliphatic carboxylic acids is 2. The maximum atomic E-state index is 9.55. The second-order valence-corrected chi connectivity index (χ2v) is 7.88. The van der Waals surface area contributed by atoms with E-state index in [9.17, 15) is 9.59 Å². The number of anilines is 2. The molecule has 2 unspecified atom stereocenters. The van der Waals surface area contributed by atoms with E-state index in [-0.39, 0.29) is 0 Å². The molecular weight excluding hydrogens is 380 g/mol. The van der Waals surface area contributed by atoms with Gasteiger partial charge in [-0.15, -0.1) is 0 Å². The van der Waals surface area contributed by atoms with Crippen molar-refractivity contribution in [3.8, 4) is 0 Å². The van der Waals surface area contributed by atoms with Crippen LogP contribution in [0.3, 0.4) is 0 Å². The predicted octanol–water partition coefficient (Wildman–Crippen LogP) is 4.07. The SMILES string of the molecule is CN(C)CCCN1c2ccccc2C2CC2c2ccccc21.O=C(O)/C=C/C(=O)O. The lowest BCUT2D eigenvalue weighted by molar-refractivity contribution is -0.134. The number of fused-ring (bicyclic) bond motifs is 5. The highest BCUT2D eigenvalue weighted by molar-refractivity contribution is 5.89. The van der Waals surface area contributed by atoms with Gasteiger partial charge in [-0.2, -0.15) is 0 Å². The van der Waals surface area contributed by atoms with Crippen molar-refractivity contribution in [1.29, 1.82) is 0 Å². The van der Waals surface area contributed by atoms with Crippen molar-refractivity contribution in [3.05, 3.63) is 71.8 Å². The fourth-order valence-corrected chi connectivity index (χ4v) is 4.03. The molecule has 30 heavy (non-hydrogen) atoms. The number of hydrogen-bond donors (Lipinski definition) is 2. The minimum atomic E-state index is -1.26. The third-order valence-electron chi connectivity index (χ3n) is 5.40. The van der Waals surface area contributed by atoms with Crippen LogP contribution in [0.5, 0.6) is 0 Å². The molecule has 1 fully saturated rings. The molecule has 0 radical (unpaired) electrons. The summed E-state index contributed by atoms with van der Waals surface area (Å²) in [5.74, 6) is -1.05. The van der Waals surface area contributed by atoms with Gasteiger partial charge >= 0.3 is 11.9 Å². The molecule has 1 saturated carbocycles. The van der Waals surface area contributed by atoms with Gasteiger partial charge in [-0.25, -0.2) is 9.59 Å². The predicted molar refractivity (Wildman–Crippen MR) is 118 cm³/mol. The van der Waals surface area contributed by atoms with Crippen LogP contribution in [0.1, 0.15) is 35.8 Å². The summed E-state index contributed by atoms with van der Waals surface area (Å²) in [4.78, 5) is 23.9. The Morgan fingerprint density at radius 1 is 0.933 bits per heavy atom. The van der Waals surface area contributed by atoms with Gasteiger partial charge in [-0.1, -0.05) is 36.4 Å². The van der Waals surface area contributed by atoms with Gasteiger partial charge in [0.25, 0.3) is 0 Å². The zero-order chi connectivity index (χ0) is 21.7. The van der Waals surface area contributed by atoms with E-state index in [1.165, 1.54) is 24.2 Å². The van der Waals surface area contributed by atoms with Gasteiger partial charge < -0.3 is 20.0 Å². The van der Waals surface area contributed by atoms with Crippen molar-refractivity contribution in [2.45, 2.75) is 24.7 Å². The topological polar surface area (TPSA) is 81.1 Å². The first-order chi connectivity index (χ1) is 14.4. The zero-order valence-electron chi connectivity index (χ0n) is 17.4. The monoisotopic (exact) mass is 408 g/mol. The molecule has 0 aromatic heterocycles. The van der Waals surface area contributed by atoms with Gasteiger partial charge in [-0.05, 0) is 68.6 Å². The molecule has 0 spiro atoms. The minimum absolute atomic E-state index is 0.558. The number of benzene rings is 2. The van der Waals surface area contributed by atoms with E-state index in [2.05, 4.69) is 72.4 Å². The van der Waals surface area contributed by atoms with Gasteiger partial charge in [0.15, 0.2) is 0 Å². The first-order valence-electron chi connectivity index (χ1n) is 10.1. The largest absolute Gasteiger partial charge is 0.478 e. The number of rotatable bonds is 6. The van der Waals surface area contributed by atoms with Crippen LogP contribution in [0, 0.1) is 0 Å². The normalized spacial score (nSPS) is 18.6. The van der Waals surface area contributed by atoms with Gasteiger partial charge in [0.05, 0.1) is 0 Å². The van der Waals surface area contributed by atoms with E-state index in [4.69, 9.17) is 10.2 Å². The van der Waals surface area contributed by atoms with E-state index in [0.29, 0.717) is 12.2 Å². The van der Waals surface area contributed by atoms with Crippen LogP contribution in [0.2, 0.25) is 0 Å². The molecule has 2 aromatic rings. The van der Waals surface area contributed by atoms with Crippen molar-refractivity contribution in [3.63, 3.8) is 0 Å². The fourth-order valence-electron chi connectivity index (χ4n) is 4.03. The standard InChI is InChI=1S/C20H24N2.C4H4O4/c1-21(2)12-7-13-22-19-10-5-3-8-15(19)17-14-18(17)16-9-4-6-11-20(16)22;5-3(6)1-2-4(7)8/h3-6,8-11,17-18H,7,12-14H2,1-2H3;1-2H,(H,5,6)(H,7,8)/b;2-1+. The molecule has 0 saturated heterocycles. The lowest BCUT2D eigenvalue weighted by atomic mass is 10.0. The van der Waals surface area contributed by atoms with Crippen molar-refractivity contribution in [2.75, 3.05) is 32.1 Å². The first-order valence-corrected chi connectivity index (χ1v) is 10.1. The Bertz CT molecular complexity index is 871. The first kappa shape index (κ1) is 21.6. The summed E-state index contributed by atoms with van der Waals surface area (Å²) < 4.78 is 0. The van der Waals surface area contributed by atoms with E-state index >= 15 is 0 Å². The zero-order valence-corrected chi connectivity index (χ0v) is 17.4. The number of hydrogen-bond acceptors (Lipinski definition) is 4. The van der Waals surface area contributed by atoms with E-state index in [1.807, 2.05) is 0 Å². The summed E-state index contributed by atoms with van der Waals surface area (Å²) in [6.45, 7) is 2.22. The second-order valence-electron chi connectivity index (χ2n) is 7.88. The Morgan fingerprint density at radius 3 is 1.83 bits per heavy atom. The molecule has 0 bridgehead atoms. The Hall–Kier alpha value is -3.12. The molecule has 2 atom stereocenters. The van der Waals surface area contributed by atoms with Crippen LogP contribution >= 0.6 is 0 Å². The summed E-state index contributed by atoms with van der Waals surface area (Å²) >= 11 is 0. The van der Waals surface area contributed by atoms with Crippen molar-refractivity contribution >= 4 is 23.3 Å². The Labute approximate surface area is 177 Å². The van der Waals surface area contributed by atoms with E-state index in [0.717, 1.165) is 24.9 Å². The van der Waals surface area contributed by atoms with Crippen molar-refractivity contribution < 1.29 is 19.8 Å². The lowest BCUT2D eigenvalue weighted by Gasteiger charge is -2.28. The molecule has 4 rings (SSSR count). The van der Waals surface area contributed by atoms with E-state index in [1.54, 1.807) is 11.1 Å². The molecule has 1 aliphatic carbocycles. The van der Waals surface area contributed by atoms with Crippen LogP contribution in [-0.2, 0) is 9.59 Å². The summed E-state index contributed by atoms with van der Waals surface area (Å²) in [6, 6.07) is 18.1. The molecule has 0 amide bonds. The number of nitrogens with zero attached hydrogens (tertiary/aromatic N) is 2. The highest BCUT2D eigenvalue weighted by Gasteiger charge is 2.44. The maximum absolute atomic E-state index is 9.55. The number of para-hydroxylation sites is 2. The summed E-state index contributed by atoms with van der Waals surface area (Å²) in [5.41, 5.74) is 5.96. The number of carbonyl (C=O) groups is 2. The quantitative estimate of drug-likeness (QED) is 0.701. The molecule has 1 aliphatic heterocycles. The van der Waals surface area contributed by atoms with Crippen LogP contribution in [-0.4, -0.2) is 54.2 Å². The third-order valence-corrected chi connectivity index (χ3v) is 5.40. The Morgan fingerprint density at radius 2 is 1.40 bits per heavy atom. The number of carboxylic acids is 2. The van der Waals surface area contributed by atoms with Crippen LogP contribution in [0.15, 0.2) is 60.7 Å². The molecule has 158 valence electrons. The van der Waals surface area contributed by atoms with E-state index < -0.39 is 11.9 Å². The van der Waals surface area contributed by atoms with Crippen LogP contribution in [0.25, 0.3) is 0 Å². The highest BCUT2D eigenvalue weighted by atomic mass is 16.4. The van der Waals surface area contributed by atoms with Crippen molar-refractivity contribution in [1.82, 2.24) is 4.90 Å². The second kappa shape index (κ2) is 9.59. The van der Waals surface area contributed by atoms with Crippen LogP contribution in [0.4, 0.5) is 11.4 Å². The average molecular weight is 408 g/mol. The molecular formula is C24H28N2O4. The molecule has 2 aliphatic rings. The minimum Gasteiger partial charge on any atom is -0.478 e. The average Bonchev–Trinajstić information content (AvgIpc) is 3.51. The Balaban J connectivity index is 0.000000275. The molecule has 2 aromatic carbocycles.